The van der Waals surface area contributed by atoms with Gasteiger partial charge in [0.25, 0.3) is 5.56 Å². The highest BCUT2D eigenvalue weighted by Gasteiger charge is 2.38. The first kappa shape index (κ1) is 26.3. The molecule has 1 N–H and O–H groups in total. The monoisotopic (exact) mass is 538 g/mol. The Hall–Kier alpha value is -3.76. The lowest BCUT2D eigenvalue weighted by Gasteiger charge is -2.24. The first-order valence-electron chi connectivity index (χ1n) is 11.4. The Morgan fingerprint density at radius 1 is 1.00 bits per heavy atom. The quantitative estimate of drug-likeness (QED) is 0.327. The van der Waals surface area contributed by atoms with Gasteiger partial charge in [-0.15, -0.1) is 0 Å². The van der Waals surface area contributed by atoms with Crippen LogP contribution in [0.2, 0.25) is 0 Å². The van der Waals surface area contributed by atoms with Gasteiger partial charge < -0.3 is 5.11 Å². The van der Waals surface area contributed by atoms with Crippen molar-refractivity contribution in [1.82, 2.24) is 4.57 Å². The van der Waals surface area contributed by atoms with Crippen molar-refractivity contribution < 1.29 is 23.1 Å². The van der Waals surface area contributed by atoms with Crippen LogP contribution in [0.3, 0.4) is 0 Å². The van der Waals surface area contributed by atoms with E-state index < -0.39 is 38.6 Å². The highest BCUT2D eigenvalue weighted by Crippen LogP contribution is 2.41. The maximum Gasteiger partial charge on any atom is 0.426 e. The van der Waals surface area contributed by atoms with E-state index in [2.05, 4.69) is 0 Å². The molecule has 0 radical (unpaired) electrons. The van der Waals surface area contributed by atoms with Crippen molar-refractivity contribution in [2.24, 2.45) is 5.41 Å². The van der Waals surface area contributed by atoms with E-state index in [4.69, 9.17) is 0 Å². The van der Waals surface area contributed by atoms with Crippen LogP contribution in [0.4, 0.5) is 9.80 Å². The number of aryl methyl sites for hydroxylation is 1. The minimum Gasteiger partial charge on any atom is -0.464 e. The number of rotatable bonds is 6. The molecule has 0 saturated heterocycles. The summed E-state index contributed by atoms with van der Waals surface area (Å²) in [6.45, 7) is 6.86. The van der Waals surface area contributed by atoms with Crippen molar-refractivity contribution >= 4 is 48.5 Å². The van der Waals surface area contributed by atoms with Crippen molar-refractivity contribution in [3.8, 4) is 5.69 Å². The average molecular weight is 539 g/mol. The molecular formula is C27H26N2O6S2. The number of pyridine rings is 1. The number of fused-ring (bicyclic) bond motifs is 1. The highest BCUT2D eigenvalue weighted by atomic mass is 32.2. The number of thiophene rings is 1. The summed E-state index contributed by atoms with van der Waals surface area (Å²) in [5, 5.41) is 10.1. The van der Waals surface area contributed by atoms with E-state index in [0.717, 1.165) is 16.9 Å². The van der Waals surface area contributed by atoms with Crippen LogP contribution in [0.15, 0.2) is 71.5 Å². The standard InChI is InChI=1S/C27H26N2O6S2/c1-17-9-8-10-18(15-17)23(31)22-20-13-14-21(30)28(19-11-6-5-7-12-19)24(20)36-25(22)29(26(32)33)37(34,35)16-27(2,3)4/h5-15H,16H2,1-4H3,(H,32,33). The summed E-state index contributed by atoms with van der Waals surface area (Å²) in [7, 11) is -4.41. The van der Waals surface area contributed by atoms with E-state index >= 15 is 0 Å². The van der Waals surface area contributed by atoms with Crippen LogP contribution in [0.1, 0.15) is 42.3 Å². The van der Waals surface area contributed by atoms with Gasteiger partial charge in [-0.1, -0.05) is 74.1 Å². The second-order valence-corrected chi connectivity index (χ2v) is 12.7. The Labute approximate surface area is 218 Å². The summed E-state index contributed by atoms with van der Waals surface area (Å²) in [6, 6.07) is 18.1. The molecular weight excluding hydrogens is 512 g/mol. The number of carboxylic acid groups (broad SMARTS) is 1. The van der Waals surface area contributed by atoms with E-state index in [1.54, 1.807) is 69.3 Å². The van der Waals surface area contributed by atoms with Gasteiger partial charge in [0.1, 0.15) is 9.83 Å². The van der Waals surface area contributed by atoms with Crippen molar-refractivity contribution in [2.75, 3.05) is 10.1 Å². The lowest BCUT2D eigenvalue weighted by atomic mass is 10.0. The fourth-order valence-corrected chi connectivity index (χ4v) is 7.60. The molecule has 1 amide bonds. The zero-order valence-electron chi connectivity index (χ0n) is 20.8. The molecule has 37 heavy (non-hydrogen) atoms. The topological polar surface area (TPSA) is 114 Å². The number of sulfonamides is 1. The van der Waals surface area contributed by atoms with E-state index in [0.29, 0.717) is 5.69 Å². The minimum absolute atomic E-state index is 0.0878. The SMILES string of the molecule is Cc1cccc(C(=O)c2c(N(C(=O)O)S(=O)(=O)CC(C)(C)C)sc3c2ccc(=O)n3-c2ccccc2)c1. The Balaban J connectivity index is 2.11. The largest absolute Gasteiger partial charge is 0.464 e. The van der Waals surface area contributed by atoms with Gasteiger partial charge >= 0.3 is 6.09 Å². The van der Waals surface area contributed by atoms with Gasteiger partial charge in [-0.2, -0.15) is 4.31 Å². The molecule has 8 nitrogen and oxygen atoms in total. The Morgan fingerprint density at radius 2 is 1.68 bits per heavy atom. The van der Waals surface area contributed by atoms with Gasteiger partial charge in [-0.25, -0.2) is 13.2 Å². The molecule has 2 aromatic heterocycles. The third-order valence-electron chi connectivity index (χ3n) is 5.50. The number of carbonyl (C=O) groups is 2. The van der Waals surface area contributed by atoms with Crippen molar-refractivity contribution in [1.29, 1.82) is 0 Å². The first-order valence-corrected chi connectivity index (χ1v) is 13.8. The Morgan fingerprint density at radius 3 is 2.27 bits per heavy atom. The number of ketones is 1. The number of hydrogen-bond donors (Lipinski definition) is 1. The van der Waals surface area contributed by atoms with Gasteiger partial charge in [0.15, 0.2) is 5.78 Å². The molecule has 0 fully saturated rings. The van der Waals surface area contributed by atoms with Crippen LogP contribution < -0.4 is 9.86 Å². The van der Waals surface area contributed by atoms with Crippen LogP contribution in [0.25, 0.3) is 15.9 Å². The molecule has 0 aliphatic heterocycles. The summed E-state index contributed by atoms with van der Waals surface area (Å²) in [5.74, 6) is -1.01. The minimum atomic E-state index is -4.41. The van der Waals surface area contributed by atoms with Crippen LogP contribution >= 0.6 is 11.3 Å². The molecule has 10 heteroatoms. The van der Waals surface area contributed by atoms with Crippen molar-refractivity contribution in [2.45, 2.75) is 27.7 Å². The van der Waals surface area contributed by atoms with Crippen LogP contribution in [-0.4, -0.2) is 35.7 Å². The van der Waals surface area contributed by atoms with E-state index in [1.807, 2.05) is 13.0 Å². The summed E-state index contributed by atoms with van der Waals surface area (Å²) in [6.07, 6.45) is -1.73. The molecule has 192 valence electrons. The van der Waals surface area contributed by atoms with Gasteiger partial charge in [0.2, 0.25) is 10.0 Å². The Kier molecular flexibility index (Phi) is 6.83. The first-order chi connectivity index (χ1) is 17.3. The summed E-state index contributed by atoms with van der Waals surface area (Å²) in [5.41, 5.74) is 0.340. The lowest BCUT2D eigenvalue weighted by Crippen LogP contribution is -2.40. The average Bonchev–Trinajstić information content (AvgIpc) is 3.15. The summed E-state index contributed by atoms with van der Waals surface area (Å²) >= 11 is 0.784. The molecule has 0 aliphatic rings. The maximum absolute atomic E-state index is 13.9. The van der Waals surface area contributed by atoms with E-state index in [1.165, 1.54) is 16.7 Å². The predicted octanol–water partition coefficient (Wildman–Crippen LogP) is 5.45. The molecule has 0 bridgehead atoms. The number of benzene rings is 2. The molecule has 0 aliphatic carbocycles. The smallest absolute Gasteiger partial charge is 0.426 e. The molecule has 2 heterocycles. The maximum atomic E-state index is 13.9. The van der Waals surface area contributed by atoms with Gasteiger partial charge in [-0.3, -0.25) is 14.2 Å². The van der Waals surface area contributed by atoms with Crippen molar-refractivity contribution in [3.63, 3.8) is 0 Å². The zero-order valence-corrected chi connectivity index (χ0v) is 22.4. The molecule has 4 rings (SSSR count). The van der Waals surface area contributed by atoms with Gasteiger partial charge in [0, 0.05) is 17.0 Å². The zero-order chi connectivity index (χ0) is 27.1. The predicted molar refractivity (Wildman–Crippen MR) is 146 cm³/mol. The molecule has 2 aromatic carbocycles. The summed E-state index contributed by atoms with van der Waals surface area (Å²) < 4.78 is 28.5. The second-order valence-electron chi connectivity index (χ2n) is 9.91. The van der Waals surface area contributed by atoms with E-state index in [-0.39, 0.29) is 30.6 Å². The van der Waals surface area contributed by atoms with Crippen molar-refractivity contribution in [3.05, 3.63) is 93.8 Å². The number of para-hydroxylation sites is 1. The molecule has 0 saturated carbocycles. The number of carbonyl (C=O) groups excluding carboxylic acids is 1. The third kappa shape index (κ3) is 5.21. The number of nitrogens with zero attached hydrogens (tertiary/aromatic N) is 2. The highest BCUT2D eigenvalue weighted by molar-refractivity contribution is 7.93. The number of amides is 1. The number of hydrogen-bond acceptors (Lipinski definition) is 6. The fourth-order valence-electron chi connectivity index (χ4n) is 4.13. The normalized spacial score (nSPS) is 12.0. The van der Waals surface area contributed by atoms with Crippen LogP contribution in [0.5, 0.6) is 0 Å². The Bertz CT molecular complexity index is 1680. The summed E-state index contributed by atoms with van der Waals surface area (Å²) in [4.78, 5) is 39.6. The molecule has 4 aromatic rings. The van der Waals surface area contributed by atoms with Crippen LogP contribution in [0, 0.1) is 12.3 Å². The number of aromatic nitrogens is 1. The molecule has 0 unspecified atom stereocenters. The van der Waals surface area contributed by atoms with Gasteiger partial charge in [0.05, 0.1) is 17.0 Å². The molecule has 0 spiro atoms. The third-order valence-corrected chi connectivity index (χ3v) is 8.91. The lowest BCUT2D eigenvalue weighted by molar-refractivity contribution is 0.104. The number of anilines is 1. The molecule has 0 atom stereocenters. The van der Waals surface area contributed by atoms with Crippen LogP contribution in [-0.2, 0) is 10.0 Å². The fraction of sp³-hybridized carbons (Fsp3) is 0.222. The second kappa shape index (κ2) is 9.60. The van der Waals surface area contributed by atoms with Gasteiger partial charge in [-0.05, 0) is 36.6 Å². The van der Waals surface area contributed by atoms with E-state index in [9.17, 15) is 27.9 Å².